The third-order valence-electron chi connectivity index (χ3n) is 2.16. The minimum Gasteiger partial charge on any atom is -0.398 e. The molecule has 0 aliphatic heterocycles. The number of nitrogens with two attached hydrogens (primary N) is 2. The Morgan fingerprint density at radius 2 is 2.21 bits per heavy atom. The average molecular weight is 193 g/mol. The maximum absolute atomic E-state index is 13.6. The van der Waals surface area contributed by atoms with Crippen molar-refractivity contribution in [1.82, 2.24) is 0 Å². The zero-order valence-electron chi connectivity index (χ0n) is 7.92. The summed E-state index contributed by atoms with van der Waals surface area (Å²) in [5.41, 5.74) is 11.5. The fourth-order valence-corrected chi connectivity index (χ4v) is 1.23. The Morgan fingerprint density at radius 1 is 1.57 bits per heavy atom. The molecule has 0 amide bonds. The van der Waals surface area contributed by atoms with E-state index in [0.29, 0.717) is 12.0 Å². The minimum atomic E-state index is -0.596. The molecule has 0 saturated heterocycles. The number of hydrogen-bond acceptors (Lipinski definition) is 3. The molecule has 0 fully saturated rings. The molecule has 0 spiro atoms. The molecule has 0 radical (unpaired) electrons. The first-order valence-electron chi connectivity index (χ1n) is 4.35. The third kappa shape index (κ3) is 1.68. The lowest BCUT2D eigenvalue weighted by atomic mass is 10.0. The van der Waals surface area contributed by atoms with Crippen molar-refractivity contribution in [2.75, 3.05) is 5.73 Å². The van der Waals surface area contributed by atoms with Gasteiger partial charge in [0.15, 0.2) is 0 Å². The standard InChI is InChI=1S/C10H12FN3/c1-2-8(13)6-3-4-9(14)7(5-12)10(6)11/h3-4,8H,2,13-14H2,1H3/t8-/m0/s1. The van der Waals surface area contributed by atoms with Gasteiger partial charge in [0.25, 0.3) is 0 Å². The highest BCUT2D eigenvalue weighted by molar-refractivity contribution is 5.56. The summed E-state index contributed by atoms with van der Waals surface area (Å²) in [7, 11) is 0. The summed E-state index contributed by atoms with van der Waals surface area (Å²) in [5, 5.41) is 8.67. The number of hydrogen-bond donors (Lipinski definition) is 2. The molecule has 1 aromatic carbocycles. The Balaban J connectivity index is 3.30. The Hall–Kier alpha value is -1.60. The summed E-state index contributed by atoms with van der Waals surface area (Å²) in [6, 6.07) is 4.37. The smallest absolute Gasteiger partial charge is 0.147 e. The third-order valence-corrected chi connectivity index (χ3v) is 2.16. The highest BCUT2D eigenvalue weighted by Gasteiger charge is 2.15. The van der Waals surface area contributed by atoms with Crippen LogP contribution in [0.3, 0.4) is 0 Å². The van der Waals surface area contributed by atoms with Crippen LogP contribution in [0.15, 0.2) is 12.1 Å². The molecule has 0 saturated carbocycles. The van der Waals surface area contributed by atoms with Crippen molar-refractivity contribution in [1.29, 1.82) is 5.26 Å². The molecule has 0 bridgehead atoms. The highest BCUT2D eigenvalue weighted by atomic mass is 19.1. The van der Waals surface area contributed by atoms with Crippen LogP contribution in [0.1, 0.15) is 30.5 Å². The first-order chi connectivity index (χ1) is 6.61. The fraction of sp³-hybridized carbons (Fsp3) is 0.300. The van der Waals surface area contributed by atoms with Gasteiger partial charge in [0.2, 0.25) is 0 Å². The zero-order chi connectivity index (χ0) is 10.7. The number of anilines is 1. The van der Waals surface area contributed by atoms with E-state index in [1.54, 1.807) is 6.07 Å². The van der Waals surface area contributed by atoms with Gasteiger partial charge in [-0.3, -0.25) is 0 Å². The molecule has 0 aliphatic rings. The van der Waals surface area contributed by atoms with Crippen LogP contribution in [0.25, 0.3) is 0 Å². The molecule has 3 nitrogen and oxygen atoms in total. The molecule has 1 aromatic rings. The Morgan fingerprint density at radius 3 is 2.71 bits per heavy atom. The second-order valence-corrected chi connectivity index (χ2v) is 3.06. The predicted molar refractivity (Wildman–Crippen MR) is 52.7 cm³/mol. The molecular formula is C10H12FN3. The van der Waals surface area contributed by atoms with Crippen LogP contribution >= 0.6 is 0 Å². The topological polar surface area (TPSA) is 75.8 Å². The van der Waals surface area contributed by atoms with E-state index >= 15 is 0 Å². The zero-order valence-corrected chi connectivity index (χ0v) is 7.92. The number of rotatable bonds is 2. The van der Waals surface area contributed by atoms with Crippen molar-refractivity contribution in [3.8, 4) is 6.07 Å². The van der Waals surface area contributed by atoms with Crippen LogP contribution in [0.5, 0.6) is 0 Å². The SMILES string of the molecule is CC[C@H](N)c1ccc(N)c(C#N)c1F. The van der Waals surface area contributed by atoms with Crippen LogP contribution in [0, 0.1) is 17.1 Å². The molecule has 1 atom stereocenters. The molecule has 0 aromatic heterocycles. The largest absolute Gasteiger partial charge is 0.398 e. The van der Waals surface area contributed by atoms with Gasteiger partial charge in [0, 0.05) is 11.6 Å². The minimum absolute atomic E-state index is 0.119. The average Bonchev–Trinajstić information content (AvgIpc) is 2.18. The van der Waals surface area contributed by atoms with Gasteiger partial charge in [0.05, 0.1) is 5.69 Å². The molecule has 4 N–H and O–H groups in total. The summed E-state index contributed by atoms with van der Waals surface area (Å²) in [5.74, 6) is -0.596. The van der Waals surface area contributed by atoms with Crippen molar-refractivity contribution in [3.63, 3.8) is 0 Å². The number of nitriles is 1. The molecule has 74 valence electrons. The van der Waals surface area contributed by atoms with Gasteiger partial charge >= 0.3 is 0 Å². The summed E-state index contributed by atoms with van der Waals surface area (Å²) in [4.78, 5) is 0. The Labute approximate surface area is 82.1 Å². The maximum atomic E-state index is 13.6. The molecule has 1 rings (SSSR count). The fourth-order valence-electron chi connectivity index (χ4n) is 1.23. The van der Waals surface area contributed by atoms with Crippen molar-refractivity contribution < 1.29 is 4.39 Å². The van der Waals surface area contributed by atoms with E-state index in [1.165, 1.54) is 12.1 Å². The molecule has 0 aliphatic carbocycles. The molecule has 0 unspecified atom stereocenters. The van der Waals surface area contributed by atoms with E-state index in [0.717, 1.165) is 0 Å². The second kappa shape index (κ2) is 4.07. The molecule has 14 heavy (non-hydrogen) atoms. The van der Waals surface area contributed by atoms with Crippen molar-refractivity contribution >= 4 is 5.69 Å². The Kier molecular flexibility index (Phi) is 3.05. The van der Waals surface area contributed by atoms with Gasteiger partial charge in [-0.25, -0.2) is 4.39 Å². The predicted octanol–water partition coefficient (Wildman–Crippen LogP) is 1.69. The van der Waals surface area contributed by atoms with E-state index in [9.17, 15) is 4.39 Å². The van der Waals surface area contributed by atoms with Gasteiger partial charge in [-0.05, 0) is 12.5 Å². The Bertz CT molecular complexity index is 382. The lowest BCUT2D eigenvalue weighted by Crippen LogP contribution is -2.12. The van der Waals surface area contributed by atoms with E-state index < -0.39 is 5.82 Å². The van der Waals surface area contributed by atoms with Crippen LogP contribution in [-0.2, 0) is 0 Å². The van der Waals surface area contributed by atoms with Crippen LogP contribution in [0.4, 0.5) is 10.1 Å². The summed E-state index contributed by atoms with van der Waals surface area (Å²) in [6.45, 7) is 1.85. The van der Waals surface area contributed by atoms with Crippen molar-refractivity contribution in [3.05, 3.63) is 29.1 Å². The molecule has 4 heteroatoms. The van der Waals surface area contributed by atoms with Crippen molar-refractivity contribution in [2.24, 2.45) is 5.73 Å². The summed E-state index contributed by atoms with van der Waals surface area (Å²) >= 11 is 0. The van der Waals surface area contributed by atoms with E-state index in [4.69, 9.17) is 16.7 Å². The quantitative estimate of drug-likeness (QED) is 0.702. The number of benzene rings is 1. The van der Waals surface area contributed by atoms with E-state index in [1.807, 2.05) is 6.92 Å². The first-order valence-corrected chi connectivity index (χ1v) is 4.35. The normalized spacial score (nSPS) is 12.1. The van der Waals surface area contributed by atoms with E-state index in [-0.39, 0.29) is 17.3 Å². The monoisotopic (exact) mass is 193 g/mol. The highest BCUT2D eigenvalue weighted by Crippen LogP contribution is 2.24. The van der Waals surface area contributed by atoms with Gasteiger partial charge in [0.1, 0.15) is 17.4 Å². The van der Waals surface area contributed by atoms with Crippen LogP contribution in [0.2, 0.25) is 0 Å². The number of nitrogens with zero attached hydrogens (tertiary/aromatic N) is 1. The van der Waals surface area contributed by atoms with Crippen LogP contribution < -0.4 is 11.5 Å². The van der Waals surface area contributed by atoms with Gasteiger partial charge in [-0.15, -0.1) is 0 Å². The number of nitrogen functional groups attached to an aromatic ring is 1. The second-order valence-electron chi connectivity index (χ2n) is 3.06. The first kappa shape index (κ1) is 10.5. The summed E-state index contributed by atoms with van der Waals surface area (Å²) < 4.78 is 13.6. The maximum Gasteiger partial charge on any atom is 0.147 e. The van der Waals surface area contributed by atoms with Crippen molar-refractivity contribution in [2.45, 2.75) is 19.4 Å². The van der Waals surface area contributed by atoms with E-state index in [2.05, 4.69) is 0 Å². The molecular weight excluding hydrogens is 181 g/mol. The van der Waals surface area contributed by atoms with Gasteiger partial charge < -0.3 is 11.5 Å². The van der Waals surface area contributed by atoms with Gasteiger partial charge in [-0.1, -0.05) is 13.0 Å². The lowest BCUT2D eigenvalue weighted by Gasteiger charge is -2.11. The van der Waals surface area contributed by atoms with Gasteiger partial charge in [-0.2, -0.15) is 5.26 Å². The summed E-state index contributed by atoms with van der Waals surface area (Å²) in [6.07, 6.45) is 0.617. The molecule has 0 heterocycles. The van der Waals surface area contributed by atoms with Crippen LogP contribution in [-0.4, -0.2) is 0 Å². The lowest BCUT2D eigenvalue weighted by molar-refractivity contribution is 0.573. The number of halogens is 1.